The third-order valence-corrected chi connectivity index (χ3v) is 19.6. The summed E-state index contributed by atoms with van der Waals surface area (Å²) in [4.78, 5) is 12.4. The Bertz CT molecular complexity index is 547. The van der Waals surface area contributed by atoms with Gasteiger partial charge in [0.05, 0.1) is 16.1 Å². The van der Waals surface area contributed by atoms with E-state index in [1.165, 1.54) is 11.8 Å². The fraction of sp³-hybridized carbons (Fsp3) is 0.667. The molecule has 1 aromatic rings. The molecule has 0 bridgehead atoms. The standard InChI is InChI=1S/C21H38OSi2/c1-20(2,3)23(7,8)18(16-22)19(17-14-12-11-13-15-17)24(9,10)21(4,5)6/h11-16,18-19H,1-10H3/t18-,19+/m0/s1. The molecule has 0 aliphatic rings. The van der Waals surface area contributed by atoms with E-state index in [-0.39, 0.29) is 15.6 Å². The van der Waals surface area contributed by atoms with Gasteiger partial charge in [-0.25, -0.2) is 0 Å². The molecule has 0 heterocycles. The fourth-order valence-corrected chi connectivity index (χ4v) is 11.2. The molecule has 2 atom stereocenters. The Kier molecular flexibility index (Phi) is 6.15. The minimum atomic E-state index is -1.80. The highest BCUT2D eigenvalue weighted by Gasteiger charge is 2.53. The van der Waals surface area contributed by atoms with E-state index in [9.17, 15) is 4.79 Å². The first kappa shape index (κ1) is 21.4. The van der Waals surface area contributed by atoms with Crippen molar-refractivity contribution < 1.29 is 4.79 Å². The highest BCUT2D eigenvalue weighted by atomic mass is 28.3. The minimum absolute atomic E-state index is 0.154. The molecule has 0 aromatic heterocycles. The zero-order chi connectivity index (χ0) is 19.0. The van der Waals surface area contributed by atoms with Crippen molar-refractivity contribution in [3.63, 3.8) is 0 Å². The lowest BCUT2D eigenvalue weighted by Gasteiger charge is -2.52. The molecular weight excluding hydrogens is 324 g/mol. The van der Waals surface area contributed by atoms with Crippen molar-refractivity contribution in [1.29, 1.82) is 0 Å². The molecule has 0 amide bonds. The Labute approximate surface area is 152 Å². The Morgan fingerprint density at radius 1 is 0.792 bits per heavy atom. The van der Waals surface area contributed by atoms with Crippen LogP contribution in [0.1, 0.15) is 52.6 Å². The predicted octanol–water partition coefficient (Wildman–Crippen LogP) is 6.90. The molecule has 0 radical (unpaired) electrons. The van der Waals surface area contributed by atoms with E-state index in [0.29, 0.717) is 5.54 Å². The summed E-state index contributed by atoms with van der Waals surface area (Å²) in [5.41, 5.74) is 1.89. The van der Waals surface area contributed by atoms with Crippen LogP contribution in [0.4, 0.5) is 0 Å². The molecule has 1 aromatic carbocycles. The topological polar surface area (TPSA) is 17.1 Å². The summed E-state index contributed by atoms with van der Waals surface area (Å²) >= 11 is 0. The van der Waals surface area contributed by atoms with Crippen LogP contribution in [0.25, 0.3) is 0 Å². The largest absolute Gasteiger partial charge is 0.303 e. The number of benzene rings is 1. The lowest BCUT2D eigenvalue weighted by molar-refractivity contribution is -0.108. The predicted molar refractivity (Wildman–Crippen MR) is 113 cm³/mol. The molecule has 0 N–H and O–H groups in total. The fourth-order valence-electron chi connectivity index (χ4n) is 3.37. The van der Waals surface area contributed by atoms with Gasteiger partial charge >= 0.3 is 0 Å². The van der Waals surface area contributed by atoms with Crippen molar-refractivity contribution in [2.45, 2.75) is 88.9 Å². The van der Waals surface area contributed by atoms with E-state index < -0.39 is 16.1 Å². The Hall–Kier alpha value is -0.676. The van der Waals surface area contributed by atoms with Crippen LogP contribution < -0.4 is 0 Å². The molecule has 0 saturated carbocycles. The zero-order valence-corrected chi connectivity index (χ0v) is 19.5. The van der Waals surface area contributed by atoms with Gasteiger partial charge in [0.15, 0.2) is 0 Å². The summed E-state index contributed by atoms with van der Waals surface area (Å²) in [5, 5.41) is 0.450. The molecule has 0 fully saturated rings. The highest BCUT2D eigenvalue weighted by molar-refractivity contribution is 6.88. The first-order valence-electron chi connectivity index (χ1n) is 9.18. The number of rotatable bonds is 5. The summed E-state index contributed by atoms with van der Waals surface area (Å²) in [5.74, 6) is 0. The third kappa shape index (κ3) is 3.93. The van der Waals surface area contributed by atoms with Gasteiger partial charge in [-0.3, -0.25) is 0 Å². The van der Waals surface area contributed by atoms with Crippen molar-refractivity contribution >= 4 is 22.4 Å². The second kappa shape index (κ2) is 6.91. The lowest BCUT2D eigenvalue weighted by Crippen LogP contribution is -2.54. The second-order valence-corrected chi connectivity index (χ2v) is 21.7. The van der Waals surface area contributed by atoms with Crippen LogP contribution in [0.2, 0.25) is 41.8 Å². The molecule has 3 heteroatoms. The van der Waals surface area contributed by atoms with Crippen molar-refractivity contribution in [1.82, 2.24) is 0 Å². The van der Waals surface area contributed by atoms with Gasteiger partial charge in [0.25, 0.3) is 0 Å². The Balaban J connectivity index is 3.62. The average Bonchev–Trinajstić information content (AvgIpc) is 2.42. The molecule has 1 rings (SSSR count). The Morgan fingerprint density at radius 3 is 1.54 bits per heavy atom. The van der Waals surface area contributed by atoms with Gasteiger partial charge in [0.1, 0.15) is 6.29 Å². The van der Waals surface area contributed by atoms with E-state index in [4.69, 9.17) is 0 Å². The smallest absolute Gasteiger partial charge is 0.120 e. The van der Waals surface area contributed by atoms with E-state index in [1.54, 1.807) is 0 Å². The van der Waals surface area contributed by atoms with Gasteiger partial charge in [-0.2, -0.15) is 0 Å². The van der Waals surface area contributed by atoms with E-state index >= 15 is 0 Å². The maximum atomic E-state index is 12.4. The first-order chi connectivity index (χ1) is 10.7. The van der Waals surface area contributed by atoms with Crippen molar-refractivity contribution in [2.24, 2.45) is 0 Å². The van der Waals surface area contributed by atoms with Crippen molar-refractivity contribution in [3.05, 3.63) is 35.9 Å². The van der Waals surface area contributed by atoms with Gasteiger partial charge in [0, 0.05) is 5.54 Å². The summed E-state index contributed by atoms with van der Waals surface area (Å²) in [7, 11) is -3.55. The van der Waals surface area contributed by atoms with Crippen LogP contribution in [0, 0.1) is 0 Å². The van der Waals surface area contributed by atoms with Crippen LogP contribution in [0.15, 0.2) is 30.3 Å². The molecule has 0 unspecified atom stereocenters. The summed E-state index contributed by atoms with van der Waals surface area (Å²) in [6.07, 6.45) is 1.32. The first-order valence-corrected chi connectivity index (χ1v) is 15.3. The average molecular weight is 363 g/mol. The number of carbonyl (C=O) groups excluding carboxylic acids is 1. The van der Waals surface area contributed by atoms with Gasteiger partial charge in [0.2, 0.25) is 0 Å². The van der Waals surface area contributed by atoms with Gasteiger partial charge in [-0.1, -0.05) is 98.1 Å². The van der Waals surface area contributed by atoms with Gasteiger partial charge in [-0.05, 0) is 21.2 Å². The molecule has 0 spiro atoms. The van der Waals surface area contributed by atoms with Crippen LogP contribution in [-0.4, -0.2) is 22.4 Å². The second-order valence-electron chi connectivity index (χ2n) is 10.5. The summed E-state index contributed by atoms with van der Waals surface area (Å²) in [6.45, 7) is 23.8. The van der Waals surface area contributed by atoms with Crippen LogP contribution in [-0.2, 0) is 4.79 Å². The van der Waals surface area contributed by atoms with Gasteiger partial charge < -0.3 is 4.79 Å². The van der Waals surface area contributed by atoms with Crippen molar-refractivity contribution in [2.75, 3.05) is 0 Å². The SMILES string of the molecule is CC(C)(C)[Si](C)(C)[C@H](c1ccccc1)[C@H](C=O)[Si](C)(C)C(C)(C)C. The van der Waals surface area contributed by atoms with E-state index in [2.05, 4.69) is 98.1 Å². The van der Waals surface area contributed by atoms with Crippen molar-refractivity contribution in [3.8, 4) is 0 Å². The molecule has 24 heavy (non-hydrogen) atoms. The quantitative estimate of drug-likeness (QED) is 0.411. The monoisotopic (exact) mass is 362 g/mol. The molecule has 0 aliphatic carbocycles. The number of hydrogen-bond donors (Lipinski definition) is 0. The lowest BCUT2D eigenvalue weighted by atomic mass is 10.1. The van der Waals surface area contributed by atoms with Crippen LogP contribution in [0.5, 0.6) is 0 Å². The third-order valence-electron chi connectivity index (χ3n) is 7.14. The molecular formula is C21H38OSi2. The number of aldehydes is 1. The normalized spacial score (nSPS) is 16.6. The molecule has 0 saturated heterocycles. The van der Waals surface area contributed by atoms with E-state index in [1.807, 2.05) is 0 Å². The zero-order valence-electron chi connectivity index (χ0n) is 17.5. The van der Waals surface area contributed by atoms with Gasteiger partial charge in [-0.15, -0.1) is 0 Å². The number of hydrogen-bond acceptors (Lipinski definition) is 1. The summed E-state index contributed by atoms with van der Waals surface area (Å²) in [6, 6.07) is 10.8. The highest BCUT2D eigenvalue weighted by Crippen LogP contribution is 2.55. The molecule has 0 aliphatic heterocycles. The number of carbonyl (C=O) groups is 1. The van der Waals surface area contributed by atoms with Crippen LogP contribution >= 0.6 is 0 Å². The molecule has 136 valence electrons. The minimum Gasteiger partial charge on any atom is -0.303 e. The van der Waals surface area contributed by atoms with E-state index in [0.717, 1.165) is 0 Å². The Morgan fingerprint density at radius 2 is 1.21 bits per heavy atom. The summed E-state index contributed by atoms with van der Waals surface area (Å²) < 4.78 is 0. The maximum absolute atomic E-state index is 12.4. The van der Waals surface area contributed by atoms with Crippen LogP contribution in [0.3, 0.4) is 0 Å². The maximum Gasteiger partial charge on any atom is 0.120 e. The molecule has 1 nitrogen and oxygen atoms in total.